The lowest BCUT2D eigenvalue weighted by molar-refractivity contribution is -0.124. The smallest absolute Gasteiger partial charge is 0.254 e. The molecular weight excluding hydrogens is 354 g/mol. The van der Waals surface area contributed by atoms with Crippen LogP contribution in [0.2, 0.25) is 5.02 Å². The number of anilines is 1. The summed E-state index contributed by atoms with van der Waals surface area (Å²) < 4.78 is 5.27. The number of rotatable bonds is 4. The normalized spacial score (nSPS) is 12.0. The average molecular weight is 378 g/mol. The molecule has 0 radical (unpaired) electrons. The highest BCUT2D eigenvalue weighted by Gasteiger charge is 2.36. The van der Waals surface area contributed by atoms with Crippen molar-refractivity contribution in [2.45, 2.75) is 45.6 Å². The molecule has 1 aromatic carbocycles. The van der Waals surface area contributed by atoms with E-state index in [0.717, 1.165) is 0 Å². The third-order valence-corrected chi connectivity index (χ3v) is 4.53. The second-order valence-corrected chi connectivity index (χ2v) is 8.15. The Bertz CT molecular complexity index is 804. The number of hydrogen-bond donors (Lipinski definition) is 1. The highest BCUT2D eigenvalue weighted by Crippen LogP contribution is 2.25. The number of benzene rings is 1. The zero-order valence-electron chi connectivity index (χ0n) is 15.9. The molecule has 0 saturated heterocycles. The Morgan fingerprint density at radius 2 is 1.69 bits per heavy atom. The van der Waals surface area contributed by atoms with Gasteiger partial charge in [0.25, 0.3) is 11.8 Å². The number of hydrogen-bond acceptors (Lipinski definition) is 4. The van der Waals surface area contributed by atoms with Gasteiger partial charge in [-0.1, -0.05) is 37.5 Å². The molecule has 0 aliphatic heterocycles. The number of carbonyl (C=O) groups excluding carboxylic acids is 2. The van der Waals surface area contributed by atoms with Gasteiger partial charge in [0.05, 0.1) is 0 Å². The molecule has 1 aromatic heterocycles. The molecule has 0 aliphatic rings. The minimum atomic E-state index is -1.10. The van der Waals surface area contributed by atoms with Crippen molar-refractivity contribution in [1.29, 1.82) is 0 Å². The Balaban J connectivity index is 2.14. The summed E-state index contributed by atoms with van der Waals surface area (Å²) in [6, 6.07) is 8.22. The van der Waals surface area contributed by atoms with Gasteiger partial charge in [-0.05, 0) is 38.1 Å². The molecule has 0 unspecified atom stereocenters. The van der Waals surface area contributed by atoms with Crippen LogP contribution in [0.3, 0.4) is 0 Å². The molecule has 1 N–H and O–H groups in total. The zero-order valence-corrected chi connectivity index (χ0v) is 16.6. The van der Waals surface area contributed by atoms with Crippen molar-refractivity contribution in [2.75, 3.05) is 12.4 Å². The van der Waals surface area contributed by atoms with Crippen LogP contribution in [0.4, 0.5) is 5.82 Å². The first-order valence-corrected chi connectivity index (χ1v) is 8.63. The summed E-state index contributed by atoms with van der Waals surface area (Å²) in [6.07, 6.45) is 0. The van der Waals surface area contributed by atoms with Crippen molar-refractivity contribution in [3.05, 3.63) is 46.7 Å². The first-order chi connectivity index (χ1) is 11.9. The maximum absolute atomic E-state index is 12.7. The van der Waals surface area contributed by atoms with Crippen LogP contribution in [-0.2, 0) is 10.2 Å². The third kappa shape index (κ3) is 4.25. The highest BCUT2D eigenvalue weighted by molar-refractivity contribution is 6.30. The number of nitrogens with zero attached hydrogens (tertiary/aromatic N) is 2. The number of amides is 2. The average Bonchev–Trinajstić information content (AvgIpc) is 3.03. The van der Waals surface area contributed by atoms with E-state index in [-0.39, 0.29) is 17.2 Å². The van der Waals surface area contributed by atoms with E-state index in [1.165, 1.54) is 4.90 Å². The van der Waals surface area contributed by atoms with Crippen LogP contribution in [0.15, 0.2) is 34.9 Å². The lowest BCUT2D eigenvalue weighted by Crippen LogP contribution is -2.53. The van der Waals surface area contributed by atoms with Gasteiger partial charge in [-0.15, -0.1) is 0 Å². The summed E-state index contributed by atoms with van der Waals surface area (Å²) in [4.78, 5) is 26.8. The Morgan fingerprint density at radius 3 is 2.19 bits per heavy atom. The van der Waals surface area contributed by atoms with Crippen LogP contribution in [0.1, 0.15) is 50.7 Å². The van der Waals surface area contributed by atoms with E-state index in [2.05, 4.69) is 10.5 Å². The summed E-state index contributed by atoms with van der Waals surface area (Å²) >= 11 is 5.86. The molecule has 0 fully saturated rings. The van der Waals surface area contributed by atoms with E-state index < -0.39 is 5.54 Å². The second kappa shape index (κ2) is 7.11. The summed E-state index contributed by atoms with van der Waals surface area (Å²) in [6.45, 7) is 9.30. The van der Waals surface area contributed by atoms with Crippen LogP contribution >= 0.6 is 11.6 Å². The lowest BCUT2D eigenvalue weighted by Gasteiger charge is -2.34. The van der Waals surface area contributed by atoms with Crippen molar-refractivity contribution in [1.82, 2.24) is 10.1 Å². The van der Waals surface area contributed by atoms with Crippen LogP contribution in [-0.4, -0.2) is 34.5 Å². The summed E-state index contributed by atoms with van der Waals surface area (Å²) in [5.74, 6) is 0.338. The fourth-order valence-corrected chi connectivity index (χ4v) is 2.28. The molecule has 2 rings (SSSR count). The van der Waals surface area contributed by atoms with Gasteiger partial charge in [-0.3, -0.25) is 9.59 Å². The second-order valence-electron chi connectivity index (χ2n) is 7.71. The van der Waals surface area contributed by atoms with Crippen LogP contribution in [0.25, 0.3) is 0 Å². The molecule has 0 bridgehead atoms. The highest BCUT2D eigenvalue weighted by atomic mass is 35.5. The predicted octanol–water partition coefficient (Wildman–Crippen LogP) is 4.11. The summed E-state index contributed by atoms with van der Waals surface area (Å²) in [5, 5.41) is 7.14. The van der Waals surface area contributed by atoms with Gasteiger partial charge in [0.2, 0.25) is 0 Å². The number of halogens is 1. The predicted molar refractivity (Wildman–Crippen MR) is 101 cm³/mol. The van der Waals surface area contributed by atoms with E-state index in [1.54, 1.807) is 51.2 Å². The first kappa shape index (κ1) is 20.0. The Hall–Kier alpha value is -2.34. The van der Waals surface area contributed by atoms with E-state index >= 15 is 0 Å². The van der Waals surface area contributed by atoms with Crippen LogP contribution in [0, 0.1) is 0 Å². The molecule has 0 aliphatic carbocycles. The van der Waals surface area contributed by atoms with Crippen molar-refractivity contribution in [3.8, 4) is 0 Å². The number of carbonyl (C=O) groups is 2. The molecule has 2 amide bonds. The molecule has 0 spiro atoms. The van der Waals surface area contributed by atoms with Crippen molar-refractivity contribution < 1.29 is 14.1 Å². The SMILES string of the molecule is CN(C(=O)c1ccc(Cl)cc1)C(C)(C)C(=O)Nc1cc(C(C)(C)C)on1. The van der Waals surface area contributed by atoms with Gasteiger partial charge in [-0.25, -0.2) is 0 Å². The minimum Gasteiger partial charge on any atom is -0.359 e. The fraction of sp³-hybridized carbons (Fsp3) is 0.421. The molecule has 0 atom stereocenters. The molecule has 26 heavy (non-hydrogen) atoms. The quantitative estimate of drug-likeness (QED) is 0.869. The standard InChI is InChI=1S/C19H24ClN3O3/c1-18(2,3)14-11-15(22-26-14)21-17(25)19(4,5)23(6)16(24)12-7-9-13(20)10-8-12/h7-11H,1-6H3,(H,21,22,25). The van der Waals surface area contributed by atoms with Crippen molar-refractivity contribution in [3.63, 3.8) is 0 Å². The first-order valence-electron chi connectivity index (χ1n) is 8.25. The van der Waals surface area contributed by atoms with Gasteiger partial charge in [-0.2, -0.15) is 0 Å². The number of nitrogens with one attached hydrogen (secondary N) is 1. The van der Waals surface area contributed by atoms with Gasteiger partial charge in [0.1, 0.15) is 11.3 Å². The summed E-state index contributed by atoms with van der Waals surface area (Å²) in [5.41, 5.74) is -0.862. The van der Waals surface area contributed by atoms with Gasteiger partial charge in [0, 0.05) is 29.1 Å². The summed E-state index contributed by atoms with van der Waals surface area (Å²) in [7, 11) is 1.58. The van der Waals surface area contributed by atoms with Gasteiger partial charge >= 0.3 is 0 Å². The Labute approximate surface area is 158 Å². The lowest BCUT2D eigenvalue weighted by atomic mass is 9.93. The van der Waals surface area contributed by atoms with Crippen LogP contribution < -0.4 is 5.32 Å². The topological polar surface area (TPSA) is 75.4 Å². The maximum atomic E-state index is 12.7. The zero-order chi connectivity index (χ0) is 19.7. The molecule has 6 nitrogen and oxygen atoms in total. The van der Waals surface area contributed by atoms with Crippen molar-refractivity contribution >= 4 is 29.2 Å². The van der Waals surface area contributed by atoms with Gasteiger partial charge < -0.3 is 14.7 Å². The third-order valence-electron chi connectivity index (χ3n) is 4.28. The molecule has 140 valence electrons. The number of likely N-dealkylation sites (N-methyl/N-ethyl adjacent to an activating group) is 1. The molecular formula is C19H24ClN3O3. The van der Waals surface area contributed by atoms with Crippen molar-refractivity contribution in [2.24, 2.45) is 0 Å². The largest absolute Gasteiger partial charge is 0.359 e. The van der Waals surface area contributed by atoms with E-state index in [9.17, 15) is 9.59 Å². The van der Waals surface area contributed by atoms with Crippen LogP contribution in [0.5, 0.6) is 0 Å². The van der Waals surface area contributed by atoms with E-state index in [0.29, 0.717) is 22.2 Å². The molecule has 2 aromatic rings. The monoisotopic (exact) mass is 377 g/mol. The molecule has 7 heteroatoms. The minimum absolute atomic E-state index is 0.215. The Kier molecular flexibility index (Phi) is 5.47. The molecule has 0 saturated carbocycles. The maximum Gasteiger partial charge on any atom is 0.254 e. The van der Waals surface area contributed by atoms with Gasteiger partial charge in [0.15, 0.2) is 5.82 Å². The number of aromatic nitrogens is 1. The van der Waals surface area contributed by atoms with E-state index in [1.807, 2.05) is 20.8 Å². The Morgan fingerprint density at radius 1 is 1.12 bits per heavy atom. The fourth-order valence-electron chi connectivity index (χ4n) is 2.15. The molecule has 1 heterocycles. The van der Waals surface area contributed by atoms with E-state index in [4.69, 9.17) is 16.1 Å².